The minimum atomic E-state index is -0.294. The molecule has 4 heterocycles. The number of fused-ring (bicyclic) bond motifs is 1. The Bertz CT molecular complexity index is 1290. The molecule has 2 aromatic heterocycles. The number of ether oxygens (including phenoxy) is 2. The van der Waals surface area contributed by atoms with Crippen molar-refractivity contribution in [1.29, 1.82) is 0 Å². The lowest BCUT2D eigenvalue weighted by Gasteiger charge is -2.24. The van der Waals surface area contributed by atoms with Crippen LogP contribution in [0.1, 0.15) is 39.5 Å². The lowest BCUT2D eigenvalue weighted by molar-refractivity contribution is 0.0602. The quantitative estimate of drug-likeness (QED) is 0.423. The van der Waals surface area contributed by atoms with Crippen LogP contribution in [0.15, 0.2) is 30.3 Å². The first-order valence-electron chi connectivity index (χ1n) is 11.1. The van der Waals surface area contributed by atoms with Gasteiger partial charge in [-0.2, -0.15) is 5.10 Å². The van der Waals surface area contributed by atoms with Gasteiger partial charge in [-0.25, -0.2) is 9.69 Å². The number of methoxy groups -OCH3 is 1. The molecule has 0 unspecified atom stereocenters. The van der Waals surface area contributed by atoms with Gasteiger partial charge in [-0.1, -0.05) is 34.8 Å². The van der Waals surface area contributed by atoms with Crippen LogP contribution in [0.5, 0.6) is 0 Å². The molecule has 1 aromatic carbocycles. The fourth-order valence-corrected chi connectivity index (χ4v) is 5.99. The zero-order valence-corrected chi connectivity index (χ0v) is 22.0. The maximum atomic E-state index is 13.5. The number of hydrogen-bond donors (Lipinski definition) is 1. The number of carbonyl (C=O) groups is 1. The molecule has 0 spiro atoms. The first-order valence-corrected chi connectivity index (χ1v) is 13.1. The maximum Gasteiger partial charge on any atom is 0.286 e. The van der Waals surface area contributed by atoms with Crippen molar-refractivity contribution in [3.63, 3.8) is 0 Å². The molecule has 3 aromatic rings. The van der Waals surface area contributed by atoms with Crippen molar-refractivity contribution >= 4 is 63.7 Å². The molecule has 2 aliphatic heterocycles. The van der Waals surface area contributed by atoms with E-state index < -0.39 is 0 Å². The molecule has 1 saturated heterocycles. The minimum absolute atomic E-state index is 0.128. The van der Waals surface area contributed by atoms with Gasteiger partial charge in [0.2, 0.25) is 0 Å². The van der Waals surface area contributed by atoms with Crippen molar-refractivity contribution in [1.82, 2.24) is 20.2 Å². The summed E-state index contributed by atoms with van der Waals surface area (Å²) in [6.45, 7) is 1.93. The third-order valence-electron chi connectivity index (χ3n) is 6.04. The Balaban J connectivity index is 1.59. The summed E-state index contributed by atoms with van der Waals surface area (Å²) in [5.41, 5.74) is 6.32. The van der Waals surface area contributed by atoms with Crippen LogP contribution in [0.4, 0.5) is 0 Å². The maximum absolute atomic E-state index is 13.5. The number of amides is 1. The molecular formula is C24H23Cl3N4O3S. The van der Waals surface area contributed by atoms with Crippen LogP contribution >= 0.6 is 46.1 Å². The minimum Gasteiger partial charge on any atom is -0.383 e. The van der Waals surface area contributed by atoms with E-state index in [-0.39, 0.29) is 18.6 Å². The summed E-state index contributed by atoms with van der Waals surface area (Å²) in [6, 6.07) is 9.13. The largest absolute Gasteiger partial charge is 0.383 e. The monoisotopic (exact) mass is 552 g/mol. The SMILES string of the molecule is COC[C@H]1CCCN1NC(=O)c1nn(-c2ccc(Cl)cc2Cl)c2c1COC/C2=C\c1ccc(Cl)s1. The number of halogens is 3. The van der Waals surface area contributed by atoms with Gasteiger partial charge < -0.3 is 9.47 Å². The van der Waals surface area contributed by atoms with Gasteiger partial charge >= 0.3 is 0 Å². The van der Waals surface area contributed by atoms with Gasteiger partial charge in [0, 0.05) is 34.7 Å². The Morgan fingerprint density at radius 3 is 2.89 bits per heavy atom. The number of nitrogens with one attached hydrogen (secondary N) is 1. The summed E-state index contributed by atoms with van der Waals surface area (Å²) in [5, 5.41) is 7.62. The molecule has 0 radical (unpaired) electrons. The Morgan fingerprint density at radius 1 is 1.29 bits per heavy atom. The average molecular weight is 554 g/mol. The Morgan fingerprint density at radius 2 is 2.14 bits per heavy atom. The van der Waals surface area contributed by atoms with Crippen LogP contribution in [0.25, 0.3) is 17.3 Å². The molecule has 2 aliphatic rings. The summed E-state index contributed by atoms with van der Waals surface area (Å²) in [4.78, 5) is 14.4. The molecule has 35 heavy (non-hydrogen) atoms. The molecule has 7 nitrogen and oxygen atoms in total. The molecule has 1 atom stereocenters. The highest BCUT2D eigenvalue weighted by molar-refractivity contribution is 7.17. The lowest BCUT2D eigenvalue weighted by atomic mass is 10.0. The molecule has 1 amide bonds. The number of thiophene rings is 1. The second-order valence-corrected chi connectivity index (χ2v) is 11.0. The highest BCUT2D eigenvalue weighted by Crippen LogP contribution is 2.36. The Labute approximate surface area is 222 Å². The summed E-state index contributed by atoms with van der Waals surface area (Å²) in [5.74, 6) is -0.294. The van der Waals surface area contributed by atoms with Gasteiger partial charge in [-0.3, -0.25) is 10.2 Å². The highest BCUT2D eigenvalue weighted by Gasteiger charge is 2.32. The molecule has 0 saturated carbocycles. The molecule has 1 fully saturated rings. The van der Waals surface area contributed by atoms with Crippen LogP contribution in [0, 0.1) is 0 Å². The Kier molecular flexibility index (Phi) is 7.50. The van der Waals surface area contributed by atoms with E-state index in [1.807, 2.05) is 23.2 Å². The summed E-state index contributed by atoms with van der Waals surface area (Å²) in [6.07, 6.45) is 3.95. The van der Waals surface area contributed by atoms with Gasteiger partial charge in [-0.15, -0.1) is 11.3 Å². The van der Waals surface area contributed by atoms with Crippen LogP contribution in [-0.4, -0.2) is 53.6 Å². The van der Waals surface area contributed by atoms with Crippen LogP contribution in [0.2, 0.25) is 14.4 Å². The fourth-order valence-electron chi connectivity index (χ4n) is 4.48. The third-order valence-corrected chi connectivity index (χ3v) is 7.75. The first-order chi connectivity index (χ1) is 16.9. The van der Waals surface area contributed by atoms with Crippen molar-refractivity contribution < 1.29 is 14.3 Å². The smallest absolute Gasteiger partial charge is 0.286 e. The third kappa shape index (κ3) is 5.15. The van der Waals surface area contributed by atoms with E-state index >= 15 is 0 Å². The zero-order valence-electron chi connectivity index (χ0n) is 18.9. The van der Waals surface area contributed by atoms with E-state index in [9.17, 15) is 4.79 Å². The predicted octanol–water partition coefficient (Wildman–Crippen LogP) is 5.72. The molecule has 1 N–H and O–H groups in total. The molecule has 5 rings (SSSR count). The van der Waals surface area contributed by atoms with Crippen molar-refractivity contribution in [3.8, 4) is 5.69 Å². The van der Waals surface area contributed by atoms with E-state index in [0.29, 0.717) is 44.5 Å². The standard InChI is InChI=1S/C24H23Cl3N4O3S/c1-33-12-16-3-2-8-30(16)29-24(32)22-18-13-34-11-14(9-17-5-7-21(27)35-17)23(18)31(28-22)20-6-4-15(25)10-19(20)26/h4-7,9-10,16H,2-3,8,11-13H2,1H3,(H,29,32)/b14-9+/t16-/m1/s1. The summed E-state index contributed by atoms with van der Waals surface area (Å²) >= 11 is 20.3. The number of carbonyl (C=O) groups excluding carboxylic acids is 1. The van der Waals surface area contributed by atoms with Crippen molar-refractivity contribution in [3.05, 3.63) is 66.5 Å². The number of benzene rings is 1. The van der Waals surface area contributed by atoms with Gasteiger partial charge in [0.15, 0.2) is 5.69 Å². The molecule has 0 aliphatic carbocycles. The second kappa shape index (κ2) is 10.6. The number of nitrogens with zero attached hydrogens (tertiary/aromatic N) is 3. The fraction of sp³-hybridized carbons (Fsp3) is 0.333. The van der Waals surface area contributed by atoms with Gasteiger partial charge in [0.25, 0.3) is 5.91 Å². The molecule has 184 valence electrons. The van der Waals surface area contributed by atoms with Gasteiger partial charge in [0.1, 0.15) is 0 Å². The first kappa shape index (κ1) is 24.8. The zero-order chi connectivity index (χ0) is 24.5. The predicted molar refractivity (Wildman–Crippen MR) is 140 cm³/mol. The van der Waals surface area contributed by atoms with Gasteiger partial charge in [0.05, 0.1) is 46.6 Å². The van der Waals surface area contributed by atoms with E-state index in [0.717, 1.165) is 35.5 Å². The molecule has 0 bridgehead atoms. The van der Waals surface area contributed by atoms with Crippen molar-refractivity contribution in [2.45, 2.75) is 25.5 Å². The van der Waals surface area contributed by atoms with E-state index in [2.05, 4.69) is 5.43 Å². The number of aromatic nitrogens is 2. The number of hydrazine groups is 1. The lowest BCUT2D eigenvalue weighted by Crippen LogP contribution is -2.47. The van der Waals surface area contributed by atoms with Crippen molar-refractivity contribution in [2.24, 2.45) is 0 Å². The topological polar surface area (TPSA) is 68.6 Å². The van der Waals surface area contributed by atoms with Crippen LogP contribution < -0.4 is 5.43 Å². The normalized spacial score (nSPS) is 19.3. The van der Waals surface area contributed by atoms with E-state index in [1.54, 1.807) is 30.0 Å². The Hall–Kier alpha value is -1.91. The van der Waals surface area contributed by atoms with E-state index in [4.69, 9.17) is 49.4 Å². The molecule has 11 heteroatoms. The number of hydrogen-bond acceptors (Lipinski definition) is 6. The molecular weight excluding hydrogens is 531 g/mol. The highest BCUT2D eigenvalue weighted by atomic mass is 35.5. The van der Waals surface area contributed by atoms with E-state index in [1.165, 1.54) is 11.3 Å². The van der Waals surface area contributed by atoms with Crippen molar-refractivity contribution in [2.75, 3.05) is 26.9 Å². The van der Waals surface area contributed by atoms with Crippen LogP contribution in [-0.2, 0) is 16.1 Å². The second-order valence-electron chi connectivity index (χ2n) is 8.37. The summed E-state index contributed by atoms with van der Waals surface area (Å²) < 4.78 is 13.6. The number of rotatable bonds is 6. The van der Waals surface area contributed by atoms with Gasteiger partial charge in [-0.05, 0) is 49.2 Å². The average Bonchev–Trinajstić information content (AvgIpc) is 3.54. The summed E-state index contributed by atoms with van der Waals surface area (Å²) in [7, 11) is 1.66. The van der Waals surface area contributed by atoms with Crippen LogP contribution in [0.3, 0.4) is 0 Å².